The van der Waals surface area contributed by atoms with E-state index in [0.29, 0.717) is 24.6 Å². The van der Waals surface area contributed by atoms with Gasteiger partial charge in [-0.1, -0.05) is 10.3 Å². The number of hydrogen-bond donors (Lipinski definition) is 0. The molecule has 1 aromatic carbocycles. The van der Waals surface area contributed by atoms with Gasteiger partial charge in [0, 0.05) is 25.5 Å². The second-order valence-electron chi connectivity index (χ2n) is 4.75. The maximum absolute atomic E-state index is 13.7. The van der Waals surface area contributed by atoms with Gasteiger partial charge >= 0.3 is 0 Å². The summed E-state index contributed by atoms with van der Waals surface area (Å²) in [5.74, 6) is -0.356. The van der Waals surface area contributed by atoms with Crippen molar-refractivity contribution < 1.29 is 22.9 Å². The second kappa shape index (κ2) is 6.18. The monoisotopic (exact) mass is 309 g/mol. The molecule has 2 aromatic rings. The van der Waals surface area contributed by atoms with Crippen molar-refractivity contribution in [2.45, 2.75) is 18.9 Å². The minimum absolute atomic E-state index is 0.0709. The number of rotatable bonds is 5. The van der Waals surface area contributed by atoms with E-state index in [1.54, 1.807) is 7.11 Å². The number of halogens is 2. The van der Waals surface area contributed by atoms with E-state index in [0.717, 1.165) is 18.2 Å². The quantitative estimate of drug-likeness (QED) is 0.848. The largest absolute Gasteiger partial charge is 0.384 e. The van der Waals surface area contributed by atoms with Gasteiger partial charge in [0.25, 0.3) is 5.89 Å². The highest BCUT2D eigenvalue weighted by molar-refractivity contribution is 6.01. The average Bonchev–Trinajstić information content (AvgIpc) is 3.16. The first-order valence-electron chi connectivity index (χ1n) is 6.67. The van der Waals surface area contributed by atoms with Crippen molar-refractivity contribution >= 4 is 5.71 Å². The molecule has 0 N–H and O–H groups in total. The van der Waals surface area contributed by atoms with Gasteiger partial charge in [0.15, 0.2) is 5.82 Å². The van der Waals surface area contributed by atoms with Gasteiger partial charge < -0.3 is 14.1 Å². The topological polar surface area (TPSA) is 69.7 Å². The zero-order valence-corrected chi connectivity index (χ0v) is 11.8. The number of benzene rings is 1. The number of methoxy groups -OCH3 is 1. The molecule has 0 radical (unpaired) electrons. The average molecular weight is 309 g/mol. The first kappa shape index (κ1) is 14.6. The Kier molecular flexibility index (Phi) is 4.10. The Morgan fingerprint density at radius 2 is 2.23 bits per heavy atom. The summed E-state index contributed by atoms with van der Waals surface area (Å²) >= 11 is 0. The summed E-state index contributed by atoms with van der Waals surface area (Å²) < 4.78 is 37.0. The molecule has 0 bridgehead atoms. The van der Waals surface area contributed by atoms with Gasteiger partial charge in [0.1, 0.15) is 11.6 Å². The van der Waals surface area contributed by atoms with Crippen molar-refractivity contribution in [2.24, 2.45) is 5.16 Å². The van der Waals surface area contributed by atoms with E-state index in [-0.39, 0.29) is 17.9 Å². The van der Waals surface area contributed by atoms with Crippen LogP contribution in [0.1, 0.15) is 29.8 Å². The molecule has 1 unspecified atom stereocenters. The lowest BCUT2D eigenvalue weighted by Crippen LogP contribution is -2.05. The van der Waals surface area contributed by atoms with Crippen LogP contribution in [0, 0.1) is 11.6 Å². The summed E-state index contributed by atoms with van der Waals surface area (Å²) in [5, 5.41) is 7.59. The SMILES string of the molecule is COCCc1noc(C2CC(c3cc(F)ccc3F)=NO2)n1. The van der Waals surface area contributed by atoms with Crippen molar-refractivity contribution in [3.63, 3.8) is 0 Å². The molecule has 0 aliphatic carbocycles. The molecule has 8 heteroatoms. The van der Waals surface area contributed by atoms with E-state index < -0.39 is 17.7 Å². The molecule has 1 aliphatic heterocycles. The molecule has 3 rings (SSSR count). The third kappa shape index (κ3) is 2.96. The number of ether oxygens (including phenoxy) is 1. The van der Waals surface area contributed by atoms with E-state index in [4.69, 9.17) is 14.1 Å². The maximum Gasteiger partial charge on any atom is 0.270 e. The van der Waals surface area contributed by atoms with E-state index in [9.17, 15) is 8.78 Å². The number of oxime groups is 1. The molecule has 2 heterocycles. The molecule has 22 heavy (non-hydrogen) atoms. The fourth-order valence-electron chi connectivity index (χ4n) is 2.08. The molecule has 0 fully saturated rings. The van der Waals surface area contributed by atoms with Crippen molar-refractivity contribution in [2.75, 3.05) is 13.7 Å². The van der Waals surface area contributed by atoms with Crippen LogP contribution in [-0.4, -0.2) is 29.6 Å². The Balaban J connectivity index is 1.71. The minimum Gasteiger partial charge on any atom is -0.384 e. The van der Waals surface area contributed by atoms with Crippen LogP contribution in [0.4, 0.5) is 8.78 Å². The fourth-order valence-corrected chi connectivity index (χ4v) is 2.08. The van der Waals surface area contributed by atoms with Crippen molar-refractivity contribution in [1.29, 1.82) is 0 Å². The summed E-state index contributed by atoms with van der Waals surface area (Å²) in [5.41, 5.74) is 0.375. The van der Waals surface area contributed by atoms with E-state index in [2.05, 4.69) is 15.3 Å². The molecule has 116 valence electrons. The van der Waals surface area contributed by atoms with Gasteiger partial charge in [-0.2, -0.15) is 4.98 Å². The molecule has 1 aromatic heterocycles. The molecule has 0 spiro atoms. The summed E-state index contributed by atoms with van der Waals surface area (Å²) in [4.78, 5) is 9.36. The smallest absolute Gasteiger partial charge is 0.270 e. The molecule has 0 amide bonds. The highest BCUT2D eigenvalue weighted by atomic mass is 19.1. The van der Waals surface area contributed by atoms with Crippen LogP contribution in [0.15, 0.2) is 27.9 Å². The van der Waals surface area contributed by atoms with E-state index in [1.807, 2.05) is 0 Å². The Morgan fingerprint density at radius 3 is 3.05 bits per heavy atom. The molecule has 6 nitrogen and oxygen atoms in total. The Hall–Kier alpha value is -2.35. The lowest BCUT2D eigenvalue weighted by Gasteiger charge is -2.02. The third-order valence-corrected chi connectivity index (χ3v) is 3.20. The first-order valence-corrected chi connectivity index (χ1v) is 6.67. The number of hydrogen-bond acceptors (Lipinski definition) is 6. The fraction of sp³-hybridized carbons (Fsp3) is 0.357. The highest BCUT2D eigenvalue weighted by Gasteiger charge is 2.30. The van der Waals surface area contributed by atoms with Crippen LogP contribution >= 0.6 is 0 Å². The molecule has 0 saturated carbocycles. The predicted molar refractivity (Wildman–Crippen MR) is 71.2 cm³/mol. The summed E-state index contributed by atoms with van der Waals surface area (Å²) in [6.45, 7) is 0.473. The second-order valence-corrected chi connectivity index (χ2v) is 4.75. The number of nitrogens with zero attached hydrogens (tertiary/aromatic N) is 3. The van der Waals surface area contributed by atoms with Crippen molar-refractivity contribution in [1.82, 2.24) is 10.1 Å². The minimum atomic E-state index is -0.596. The van der Waals surface area contributed by atoms with Crippen LogP contribution in [0.25, 0.3) is 0 Å². The molecular formula is C14H13F2N3O3. The van der Waals surface area contributed by atoms with Crippen LogP contribution < -0.4 is 0 Å². The molecule has 1 atom stereocenters. The van der Waals surface area contributed by atoms with Gasteiger partial charge in [0.05, 0.1) is 12.3 Å². The van der Waals surface area contributed by atoms with Gasteiger partial charge in [-0.3, -0.25) is 0 Å². The zero-order chi connectivity index (χ0) is 15.5. The Labute approximate surface area is 124 Å². The summed E-state index contributed by atoms with van der Waals surface area (Å²) in [7, 11) is 1.58. The zero-order valence-electron chi connectivity index (χ0n) is 11.8. The number of aromatic nitrogens is 2. The first-order chi connectivity index (χ1) is 10.7. The third-order valence-electron chi connectivity index (χ3n) is 3.20. The molecule has 0 saturated heterocycles. The lowest BCUT2D eigenvalue weighted by molar-refractivity contribution is 0.0599. The van der Waals surface area contributed by atoms with Gasteiger partial charge in [0.2, 0.25) is 6.10 Å². The lowest BCUT2D eigenvalue weighted by atomic mass is 10.0. The summed E-state index contributed by atoms with van der Waals surface area (Å²) in [6, 6.07) is 3.18. The Bertz CT molecular complexity index is 702. The summed E-state index contributed by atoms with van der Waals surface area (Å²) in [6.07, 6.45) is 0.145. The van der Waals surface area contributed by atoms with Gasteiger partial charge in [-0.15, -0.1) is 0 Å². The van der Waals surface area contributed by atoms with Crippen molar-refractivity contribution in [3.8, 4) is 0 Å². The van der Waals surface area contributed by atoms with Gasteiger partial charge in [-0.25, -0.2) is 8.78 Å². The predicted octanol–water partition coefficient (Wildman–Crippen LogP) is 2.40. The normalized spacial score (nSPS) is 17.4. The van der Waals surface area contributed by atoms with Crippen LogP contribution in [-0.2, 0) is 16.0 Å². The van der Waals surface area contributed by atoms with E-state index >= 15 is 0 Å². The van der Waals surface area contributed by atoms with E-state index in [1.165, 1.54) is 0 Å². The molecular weight excluding hydrogens is 296 g/mol. The van der Waals surface area contributed by atoms with Crippen LogP contribution in [0.2, 0.25) is 0 Å². The standard InChI is InChI=1S/C14H13F2N3O3/c1-20-5-4-13-17-14(22-19-13)12-7-11(18-21-12)9-6-8(15)2-3-10(9)16/h2-3,6,12H,4-5,7H2,1H3. The van der Waals surface area contributed by atoms with Crippen LogP contribution in [0.3, 0.4) is 0 Å². The molecule has 1 aliphatic rings. The maximum atomic E-state index is 13.7. The highest BCUT2D eigenvalue weighted by Crippen LogP contribution is 2.29. The van der Waals surface area contributed by atoms with Crippen molar-refractivity contribution in [3.05, 3.63) is 47.1 Å². The van der Waals surface area contributed by atoms with Gasteiger partial charge in [-0.05, 0) is 18.2 Å². The Morgan fingerprint density at radius 1 is 1.36 bits per heavy atom. The van der Waals surface area contributed by atoms with Crippen LogP contribution in [0.5, 0.6) is 0 Å².